The fourth-order valence-corrected chi connectivity index (χ4v) is 5.14. The first-order valence-corrected chi connectivity index (χ1v) is 12.1. The third kappa shape index (κ3) is 6.10. The zero-order chi connectivity index (χ0) is 25.5. The van der Waals surface area contributed by atoms with E-state index >= 15 is 0 Å². The Bertz CT molecular complexity index is 1210. The molecule has 12 nitrogen and oxygen atoms in total. The minimum atomic E-state index is -1.42. The number of hydrazine groups is 1. The summed E-state index contributed by atoms with van der Waals surface area (Å²) in [6, 6.07) is 0. The predicted octanol–water partition coefficient (Wildman–Crippen LogP) is 1.42. The number of ether oxygens (including phenoxy) is 3. The van der Waals surface area contributed by atoms with Crippen molar-refractivity contribution in [1.82, 2.24) is 19.6 Å². The molecule has 2 aromatic heterocycles. The summed E-state index contributed by atoms with van der Waals surface area (Å²) < 4.78 is 18.5. The van der Waals surface area contributed by atoms with Crippen LogP contribution in [0.3, 0.4) is 0 Å². The molecule has 3 rings (SSSR count). The van der Waals surface area contributed by atoms with E-state index in [1.165, 1.54) is 29.3 Å². The van der Waals surface area contributed by atoms with Gasteiger partial charge in [-0.25, -0.2) is 20.0 Å². The first-order valence-electron chi connectivity index (χ1n) is 11.2. The van der Waals surface area contributed by atoms with Crippen molar-refractivity contribution in [1.29, 1.82) is 0 Å². The first kappa shape index (κ1) is 26.4. The van der Waals surface area contributed by atoms with Gasteiger partial charge in [-0.15, -0.1) is 11.3 Å². The van der Waals surface area contributed by atoms with Gasteiger partial charge in [-0.3, -0.25) is 18.7 Å². The van der Waals surface area contributed by atoms with E-state index in [9.17, 15) is 24.3 Å². The van der Waals surface area contributed by atoms with Crippen LogP contribution in [0.4, 0.5) is 4.79 Å². The Morgan fingerprint density at radius 2 is 2.11 bits per heavy atom. The van der Waals surface area contributed by atoms with Crippen LogP contribution >= 0.6 is 11.3 Å². The molecule has 1 saturated heterocycles. The highest BCUT2D eigenvalue weighted by Gasteiger charge is 2.25. The molecule has 1 aliphatic rings. The van der Waals surface area contributed by atoms with Crippen molar-refractivity contribution in [3.63, 3.8) is 0 Å². The normalized spacial score (nSPS) is 15.7. The third-order valence-corrected chi connectivity index (χ3v) is 6.89. The highest BCUT2D eigenvalue weighted by molar-refractivity contribution is 7.18. The molecule has 192 valence electrons. The SMILES string of the molecule is CCO/C=C/C(=O)N(Cc1sc2c(c1C)c(=O)n(CCOC)c(=O)n2CC1CCCO1)NC(=O)O. The van der Waals surface area contributed by atoms with Crippen molar-refractivity contribution >= 4 is 33.6 Å². The van der Waals surface area contributed by atoms with E-state index in [1.807, 2.05) is 0 Å². The predicted molar refractivity (Wildman–Crippen MR) is 128 cm³/mol. The number of nitrogens with one attached hydrogen (secondary N) is 1. The largest absolute Gasteiger partial charge is 0.501 e. The van der Waals surface area contributed by atoms with Gasteiger partial charge in [0.25, 0.3) is 11.5 Å². The Morgan fingerprint density at radius 3 is 2.74 bits per heavy atom. The lowest BCUT2D eigenvalue weighted by molar-refractivity contribution is -0.129. The average molecular weight is 511 g/mol. The van der Waals surface area contributed by atoms with Crippen molar-refractivity contribution in [3.05, 3.63) is 43.6 Å². The van der Waals surface area contributed by atoms with Crippen LogP contribution in [0.2, 0.25) is 0 Å². The number of fused-ring (bicyclic) bond motifs is 1. The number of aromatic nitrogens is 2. The maximum atomic E-state index is 13.3. The topological polar surface area (TPSA) is 141 Å². The second kappa shape index (κ2) is 12.0. The Labute approximate surface area is 205 Å². The zero-order valence-electron chi connectivity index (χ0n) is 19.9. The summed E-state index contributed by atoms with van der Waals surface area (Å²) in [5, 5.41) is 10.5. The standard InChI is InChI=1S/C22H30N4O8S/c1-4-33-10-7-17(27)26(23-21(29)30)13-16-14(2)18-19(28)24(8-11-32-3)22(31)25(20(18)35-16)12-15-6-5-9-34-15/h7,10,15,23H,4-6,8-9,11-13H2,1-3H3,(H,29,30)/b10-7+. The third-order valence-electron chi connectivity index (χ3n) is 5.59. The molecule has 0 aromatic carbocycles. The fourth-order valence-electron chi connectivity index (χ4n) is 3.85. The molecular weight excluding hydrogens is 480 g/mol. The maximum Gasteiger partial charge on any atom is 0.423 e. The number of carbonyl (C=O) groups excluding carboxylic acids is 1. The number of thiophene rings is 1. The molecule has 0 bridgehead atoms. The van der Waals surface area contributed by atoms with E-state index in [-0.39, 0.29) is 32.3 Å². The quantitative estimate of drug-likeness (QED) is 0.278. The van der Waals surface area contributed by atoms with Gasteiger partial charge in [-0.2, -0.15) is 0 Å². The average Bonchev–Trinajstić information content (AvgIpc) is 3.44. The lowest BCUT2D eigenvalue weighted by Gasteiger charge is -2.19. The lowest BCUT2D eigenvalue weighted by atomic mass is 10.2. The number of nitrogens with zero attached hydrogens (tertiary/aromatic N) is 3. The molecule has 2 amide bonds. The van der Waals surface area contributed by atoms with Crippen LogP contribution in [0.5, 0.6) is 0 Å². The van der Waals surface area contributed by atoms with Gasteiger partial charge in [0.05, 0.1) is 50.6 Å². The van der Waals surface area contributed by atoms with Crippen LogP contribution in [0.15, 0.2) is 21.9 Å². The number of hydrogen-bond donors (Lipinski definition) is 2. The maximum absolute atomic E-state index is 13.3. The van der Waals surface area contributed by atoms with Gasteiger partial charge in [0.15, 0.2) is 0 Å². The molecule has 35 heavy (non-hydrogen) atoms. The summed E-state index contributed by atoms with van der Waals surface area (Å²) in [5.41, 5.74) is 1.74. The number of carbonyl (C=O) groups is 2. The minimum absolute atomic E-state index is 0.0909. The Kier molecular flexibility index (Phi) is 9.07. The van der Waals surface area contributed by atoms with Crippen LogP contribution in [0, 0.1) is 6.92 Å². The molecule has 0 spiro atoms. The van der Waals surface area contributed by atoms with Crippen LogP contribution < -0.4 is 16.7 Å². The van der Waals surface area contributed by atoms with Gasteiger partial charge in [0, 0.05) is 24.7 Å². The van der Waals surface area contributed by atoms with E-state index in [0.717, 1.165) is 28.5 Å². The van der Waals surface area contributed by atoms with Crippen molar-refractivity contribution in [2.45, 2.75) is 52.4 Å². The van der Waals surface area contributed by atoms with Crippen LogP contribution in [-0.2, 0) is 38.6 Å². The minimum Gasteiger partial charge on any atom is -0.501 e. The molecule has 1 aliphatic heterocycles. The molecule has 1 fully saturated rings. The van der Waals surface area contributed by atoms with Crippen molar-refractivity contribution < 1.29 is 28.9 Å². The molecule has 1 unspecified atom stereocenters. The molecule has 2 N–H and O–H groups in total. The van der Waals surface area contributed by atoms with Crippen LogP contribution in [0.1, 0.15) is 30.2 Å². The van der Waals surface area contributed by atoms with Crippen LogP contribution in [-0.4, -0.2) is 64.3 Å². The summed E-state index contributed by atoms with van der Waals surface area (Å²) in [6.07, 6.45) is 2.43. The van der Waals surface area contributed by atoms with Gasteiger partial charge in [0.2, 0.25) is 0 Å². The number of carboxylic acid groups (broad SMARTS) is 1. The Morgan fingerprint density at radius 1 is 1.34 bits per heavy atom. The molecule has 1 atom stereocenters. The summed E-state index contributed by atoms with van der Waals surface area (Å²) in [7, 11) is 1.49. The van der Waals surface area contributed by atoms with E-state index in [2.05, 4.69) is 5.43 Å². The van der Waals surface area contributed by atoms with E-state index in [1.54, 1.807) is 13.8 Å². The molecule has 0 saturated carbocycles. The number of methoxy groups -OCH3 is 1. The molecular formula is C22H30N4O8S. The van der Waals surface area contributed by atoms with Crippen molar-refractivity contribution in [3.8, 4) is 0 Å². The highest BCUT2D eigenvalue weighted by atomic mass is 32.1. The van der Waals surface area contributed by atoms with E-state index < -0.39 is 23.2 Å². The molecule has 13 heteroatoms. The summed E-state index contributed by atoms with van der Waals surface area (Å²) in [5.74, 6) is -0.646. The smallest absolute Gasteiger partial charge is 0.423 e. The molecule has 3 heterocycles. The van der Waals surface area contributed by atoms with Gasteiger partial charge >= 0.3 is 11.8 Å². The number of aryl methyl sites for hydroxylation is 1. The van der Waals surface area contributed by atoms with Gasteiger partial charge in [0.1, 0.15) is 4.83 Å². The fraction of sp³-hybridized carbons (Fsp3) is 0.545. The molecule has 0 radical (unpaired) electrons. The Balaban J connectivity index is 2.09. The second-order valence-electron chi connectivity index (χ2n) is 7.91. The second-order valence-corrected chi connectivity index (χ2v) is 8.99. The lowest BCUT2D eigenvalue weighted by Crippen LogP contribution is -2.44. The van der Waals surface area contributed by atoms with Crippen molar-refractivity contribution in [2.24, 2.45) is 0 Å². The summed E-state index contributed by atoms with van der Waals surface area (Å²) in [6.45, 7) is 4.86. The monoisotopic (exact) mass is 510 g/mol. The van der Waals surface area contributed by atoms with Gasteiger partial charge < -0.3 is 19.3 Å². The van der Waals surface area contributed by atoms with E-state index in [4.69, 9.17) is 14.2 Å². The molecule has 2 aromatic rings. The van der Waals surface area contributed by atoms with Gasteiger partial charge in [-0.05, 0) is 32.3 Å². The summed E-state index contributed by atoms with van der Waals surface area (Å²) in [4.78, 5) is 51.5. The molecule has 0 aliphatic carbocycles. The van der Waals surface area contributed by atoms with Crippen LogP contribution in [0.25, 0.3) is 10.2 Å². The van der Waals surface area contributed by atoms with E-state index in [0.29, 0.717) is 33.9 Å². The highest BCUT2D eigenvalue weighted by Crippen LogP contribution is 2.29. The number of rotatable bonds is 10. The van der Waals surface area contributed by atoms with Crippen molar-refractivity contribution in [2.75, 3.05) is 26.9 Å². The number of hydrogen-bond acceptors (Lipinski definition) is 8. The Hall–Kier alpha value is -3.16. The number of amides is 2. The van der Waals surface area contributed by atoms with Gasteiger partial charge in [-0.1, -0.05) is 0 Å². The zero-order valence-corrected chi connectivity index (χ0v) is 20.8. The summed E-state index contributed by atoms with van der Waals surface area (Å²) >= 11 is 1.18. The first-order chi connectivity index (χ1) is 16.8.